The summed E-state index contributed by atoms with van der Waals surface area (Å²) in [7, 11) is 0. The van der Waals surface area contributed by atoms with E-state index >= 15 is 0 Å². The molecule has 2 unspecified atom stereocenters. The molecule has 0 spiro atoms. The monoisotopic (exact) mass is 274 g/mol. The topological polar surface area (TPSA) is 32.3 Å². The Kier molecular flexibility index (Phi) is 4.81. The summed E-state index contributed by atoms with van der Waals surface area (Å²) in [6.45, 7) is 9.26. The number of nitrogens with zero attached hydrogens (tertiary/aromatic N) is 1. The van der Waals surface area contributed by atoms with Crippen molar-refractivity contribution in [3.63, 3.8) is 0 Å². The summed E-state index contributed by atoms with van der Waals surface area (Å²) in [4.78, 5) is 14.6. The highest BCUT2D eigenvalue weighted by atomic mass is 16.2. The minimum Gasteiger partial charge on any atom is -0.335 e. The molecule has 1 aromatic rings. The van der Waals surface area contributed by atoms with Crippen LogP contribution in [0.2, 0.25) is 0 Å². The Morgan fingerprint density at radius 1 is 1.20 bits per heavy atom. The van der Waals surface area contributed by atoms with Crippen molar-refractivity contribution in [2.45, 2.75) is 58.7 Å². The van der Waals surface area contributed by atoms with E-state index in [0.717, 1.165) is 19.4 Å². The predicted octanol–water partition coefficient (Wildman–Crippen LogP) is 3.05. The van der Waals surface area contributed by atoms with Crippen molar-refractivity contribution in [2.75, 3.05) is 6.54 Å². The summed E-state index contributed by atoms with van der Waals surface area (Å²) in [5.41, 5.74) is 2.47. The molecule has 3 heteroatoms. The third kappa shape index (κ3) is 3.40. The predicted molar refractivity (Wildman–Crippen MR) is 82.6 cm³/mol. The van der Waals surface area contributed by atoms with E-state index in [9.17, 15) is 4.79 Å². The molecule has 1 aliphatic heterocycles. The first-order chi connectivity index (χ1) is 9.49. The Bertz CT molecular complexity index is 453. The largest absolute Gasteiger partial charge is 0.335 e. The van der Waals surface area contributed by atoms with E-state index in [-0.39, 0.29) is 18.0 Å². The second-order valence-corrected chi connectivity index (χ2v) is 6.13. The highest BCUT2D eigenvalue weighted by Crippen LogP contribution is 2.25. The molecule has 2 rings (SSSR count). The molecule has 1 amide bonds. The van der Waals surface area contributed by atoms with Gasteiger partial charge in [-0.15, -0.1) is 0 Å². The Morgan fingerprint density at radius 2 is 1.85 bits per heavy atom. The number of hydrogen-bond acceptors (Lipinski definition) is 2. The summed E-state index contributed by atoms with van der Waals surface area (Å²) in [6, 6.07) is 8.98. The SMILES string of the molecule is Cc1ccc(C(C)N2CCCC(NC(C)C)C2=O)cc1. The number of aryl methyl sites for hydroxylation is 1. The van der Waals surface area contributed by atoms with Crippen molar-refractivity contribution in [3.05, 3.63) is 35.4 Å². The lowest BCUT2D eigenvalue weighted by molar-refractivity contribution is -0.138. The number of hydrogen-bond donors (Lipinski definition) is 1. The van der Waals surface area contributed by atoms with Crippen molar-refractivity contribution in [3.8, 4) is 0 Å². The molecule has 0 bridgehead atoms. The smallest absolute Gasteiger partial charge is 0.240 e. The summed E-state index contributed by atoms with van der Waals surface area (Å²) in [5.74, 6) is 0.248. The van der Waals surface area contributed by atoms with E-state index in [0.29, 0.717) is 6.04 Å². The quantitative estimate of drug-likeness (QED) is 0.915. The normalized spacial score (nSPS) is 21.4. The van der Waals surface area contributed by atoms with Gasteiger partial charge in [0, 0.05) is 12.6 Å². The molecule has 1 N–H and O–H groups in total. The van der Waals surface area contributed by atoms with E-state index in [1.807, 2.05) is 4.90 Å². The van der Waals surface area contributed by atoms with Gasteiger partial charge in [0.1, 0.15) is 0 Å². The van der Waals surface area contributed by atoms with Crippen LogP contribution in [0.4, 0.5) is 0 Å². The lowest BCUT2D eigenvalue weighted by Gasteiger charge is -2.37. The average Bonchev–Trinajstić information content (AvgIpc) is 2.41. The molecule has 1 heterocycles. The van der Waals surface area contributed by atoms with E-state index in [1.54, 1.807) is 0 Å². The second-order valence-electron chi connectivity index (χ2n) is 6.13. The van der Waals surface area contributed by atoms with Crippen LogP contribution in [0.3, 0.4) is 0 Å². The van der Waals surface area contributed by atoms with Gasteiger partial charge in [-0.2, -0.15) is 0 Å². The van der Waals surface area contributed by atoms with Crippen LogP contribution in [0.25, 0.3) is 0 Å². The zero-order chi connectivity index (χ0) is 14.7. The van der Waals surface area contributed by atoms with E-state index in [4.69, 9.17) is 0 Å². The first-order valence-corrected chi connectivity index (χ1v) is 7.62. The van der Waals surface area contributed by atoms with Crippen molar-refractivity contribution >= 4 is 5.91 Å². The maximum atomic E-state index is 12.6. The number of likely N-dealkylation sites (tertiary alicyclic amines) is 1. The summed E-state index contributed by atoms with van der Waals surface area (Å²) in [5, 5.41) is 3.39. The van der Waals surface area contributed by atoms with Crippen molar-refractivity contribution in [1.82, 2.24) is 10.2 Å². The van der Waals surface area contributed by atoms with Crippen molar-refractivity contribution in [2.24, 2.45) is 0 Å². The number of rotatable bonds is 4. The van der Waals surface area contributed by atoms with Crippen LogP contribution in [-0.2, 0) is 4.79 Å². The average molecular weight is 274 g/mol. The van der Waals surface area contributed by atoms with Gasteiger partial charge in [-0.25, -0.2) is 0 Å². The first kappa shape index (κ1) is 15.0. The number of carbonyl (C=O) groups excluding carboxylic acids is 1. The third-order valence-corrected chi connectivity index (χ3v) is 4.03. The molecule has 1 fully saturated rings. The first-order valence-electron chi connectivity index (χ1n) is 7.62. The minimum atomic E-state index is -0.0170. The van der Waals surface area contributed by atoms with Crippen molar-refractivity contribution < 1.29 is 4.79 Å². The lowest BCUT2D eigenvalue weighted by Crippen LogP contribution is -2.52. The Hall–Kier alpha value is -1.35. The van der Waals surface area contributed by atoms with Gasteiger partial charge in [-0.05, 0) is 32.3 Å². The summed E-state index contributed by atoms with van der Waals surface area (Å²) < 4.78 is 0. The Labute approximate surface area is 122 Å². The number of amides is 1. The van der Waals surface area contributed by atoms with Crippen LogP contribution in [0, 0.1) is 6.92 Å². The fourth-order valence-electron chi connectivity index (χ4n) is 2.87. The van der Waals surface area contributed by atoms with Gasteiger partial charge in [-0.3, -0.25) is 4.79 Å². The fraction of sp³-hybridized carbons (Fsp3) is 0.588. The zero-order valence-electron chi connectivity index (χ0n) is 13.0. The van der Waals surface area contributed by atoms with Gasteiger partial charge < -0.3 is 10.2 Å². The summed E-state index contributed by atoms with van der Waals surface area (Å²) in [6.07, 6.45) is 2.03. The van der Waals surface area contributed by atoms with Crippen molar-refractivity contribution in [1.29, 1.82) is 0 Å². The zero-order valence-corrected chi connectivity index (χ0v) is 13.0. The highest BCUT2D eigenvalue weighted by molar-refractivity contribution is 5.83. The Balaban J connectivity index is 2.10. The molecule has 3 nitrogen and oxygen atoms in total. The van der Waals surface area contributed by atoms with Gasteiger partial charge >= 0.3 is 0 Å². The van der Waals surface area contributed by atoms with E-state index in [1.165, 1.54) is 11.1 Å². The highest BCUT2D eigenvalue weighted by Gasteiger charge is 2.32. The number of carbonyl (C=O) groups is 1. The molecule has 0 radical (unpaired) electrons. The molecule has 1 saturated heterocycles. The molecule has 0 saturated carbocycles. The molecular formula is C17H26N2O. The molecule has 0 aromatic heterocycles. The third-order valence-electron chi connectivity index (χ3n) is 4.03. The van der Waals surface area contributed by atoms with E-state index in [2.05, 4.69) is 57.3 Å². The molecule has 0 aliphatic carbocycles. The molecular weight excluding hydrogens is 248 g/mol. The maximum absolute atomic E-state index is 12.6. The van der Waals surface area contributed by atoms with Gasteiger partial charge in [0.05, 0.1) is 12.1 Å². The maximum Gasteiger partial charge on any atom is 0.240 e. The van der Waals surface area contributed by atoms with Crippen LogP contribution in [0.5, 0.6) is 0 Å². The number of piperidine rings is 1. The van der Waals surface area contributed by atoms with Gasteiger partial charge in [0.25, 0.3) is 0 Å². The van der Waals surface area contributed by atoms with Gasteiger partial charge in [0.2, 0.25) is 5.91 Å². The molecule has 1 aliphatic rings. The fourth-order valence-corrected chi connectivity index (χ4v) is 2.87. The van der Waals surface area contributed by atoms with Crippen LogP contribution < -0.4 is 5.32 Å². The number of nitrogens with one attached hydrogen (secondary N) is 1. The molecule has 1 aromatic carbocycles. The van der Waals surface area contributed by atoms with Crippen LogP contribution in [0.15, 0.2) is 24.3 Å². The van der Waals surface area contributed by atoms with Gasteiger partial charge in [0.15, 0.2) is 0 Å². The Morgan fingerprint density at radius 3 is 2.45 bits per heavy atom. The van der Waals surface area contributed by atoms with Crippen LogP contribution in [-0.4, -0.2) is 29.4 Å². The summed E-state index contributed by atoms with van der Waals surface area (Å²) >= 11 is 0. The number of benzene rings is 1. The molecule has 20 heavy (non-hydrogen) atoms. The van der Waals surface area contributed by atoms with E-state index < -0.39 is 0 Å². The standard InChI is InChI=1S/C17H26N2O/c1-12(2)18-16-6-5-11-19(17(16)20)14(4)15-9-7-13(3)8-10-15/h7-10,12,14,16,18H,5-6,11H2,1-4H3. The lowest BCUT2D eigenvalue weighted by atomic mass is 9.98. The van der Waals surface area contributed by atoms with Gasteiger partial charge in [-0.1, -0.05) is 43.7 Å². The second kappa shape index (κ2) is 6.40. The molecule has 2 atom stereocenters. The minimum absolute atomic E-state index is 0.0170. The van der Waals surface area contributed by atoms with Crippen LogP contribution >= 0.6 is 0 Å². The molecule has 110 valence electrons. The van der Waals surface area contributed by atoms with Crippen LogP contribution in [0.1, 0.15) is 50.8 Å².